The molecular weight excluding hydrogens is 321 g/mol. The van der Waals surface area contributed by atoms with Gasteiger partial charge in [-0.15, -0.1) is 5.10 Å². The Hall–Kier alpha value is -3.35. The summed E-state index contributed by atoms with van der Waals surface area (Å²) in [7, 11) is 0. The molecule has 0 radical (unpaired) electrons. The third kappa shape index (κ3) is 2.80. The van der Waals surface area contributed by atoms with Crippen LogP contribution in [0.2, 0.25) is 0 Å². The van der Waals surface area contributed by atoms with E-state index in [4.69, 9.17) is 0 Å². The van der Waals surface area contributed by atoms with Crippen molar-refractivity contribution in [3.63, 3.8) is 0 Å². The molecule has 0 fully saturated rings. The summed E-state index contributed by atoms with van der Waals surface area (Å²) >= 11 is 0. The second-order valence-corrected chi connectivity index (χ2v) is 5.81. The molecule has 0 saturated carbocycles. The van der Waals surface area contributed by atoms with Gasteiger partial charge in [-0.3, -0.25) is 9.36 Å². The van der Waals surface area contributed by atoms with Crippen LogP contribution in [0.1, 0.15) is 11.1 Å². The zero-order valence-corrected chi connectivity index (χ0v) is 13.4. The number of nitrogens with zero attached hydrogens (tertiary/aromatic N) is 5. The van der Waals surface area contributed by atoms with Gasteiger partial charge in [-0.2, -0.15) is 4.68 Å². The van der Waals surface area contributed by atoms with Gasteiger partial charge in [0.2, 0.25) is 0 Å². The zero-order valence-electron chi connectivity index (χ0n) is 13.4. The first-order valence-electron chi connectivity index (χ1n) is 7.74. The smallest absolute Gasteiger partial charge is 0.283 e. The Balaban J connectivity index is 1.75. The van der Waals surface area contributed by atoms with Gasteiger partial charge in [0, 0.05) is 0 Å². The minimum absolute atomic E-state index is 0.180. The van der Waals surface area contributed by atoms with E-state index in [0.717, 1.165) is 11.1 Å². The number of aryl methyl sites for hydroxylation is 1. The molecule has 124 valence electrons. The molecule has 25 heavy (non-hydrogen) atoms. The summed E-state index contributed by atoms with van der Waals surface area (Å²) in [5.74, 6) is -0.346. The first kappa shape index (κ1) is 15.2. The highest BCUT2D eigenvalue weighted by Crippen LogP contribution is 2.13. The number of halogens is 1. The lowest BCUT2D eigenvalue weighted by Gasteiger charge is -2.06. The van der Waals surface area contributed by atoms with Crippen molar-refractivity contribution in [2.75, 3.05) is 0 Å². The SMILES string of the molecule is Cc1ccc(Cn2cnc3c(nnn3-c3ccc(F)cc3)c2=O)cc1. The molecule has 7 heteroatoms. The normalized spacial score (nSPS) is 11.1. The van der Waals surface area contributed by atoms with Crippen molar-refractivity contribution in [2.45, 2.75) is 13.5 Å². The molecule has 2 heterocycles. The van der Waals surface area contributed by atoms with Crippen LogP contribution in [0.5, 0.6) is 0 Å². The maximum Gasteiger partial charge on any atom is 0.283 e. The van der Waals surface area contributed by atoms with Crippen LogP contribution in [0.25, 0.3) is 16.9 Å². The van der Waals surface area contributed by atoms with E-state index in [-0.39, 0.29) is 16.9 Å². The molecule has 0 amide bonds. The molecule has 0 aliphatic rings. The van der Waals surface area contributed by atoms with Crippen LogP contribution in [0.15, 0.2) is 59.7 Å². The topological polar surface area (TPSA) is 65.6 Å². The minimum Gasteiger partial charge on any atom is -0.293 e. The van der Waals surface area contributed by atoms with Crippen molar-refractivity contribution >= 4 is 11.2 Å². The molecule has 0 saturated heterocycles. The van der Waals surface area contributed by atoms with Gasteiger partial charge in [-0.25, -0.2) is 9.37 Å². The van der Waals surface area contributed by atoms with Gasteiger partial charge < -0.3 is 0 Å². The fourth-order valence-corrected chi connectivity index (χ4v) is 2.60. The number of aromatic nitrogens is 5. The number of benzene rings is 2. The Morgan fingerprint density at radius 3 is 2.48 bits per heavy atom. The summed E-state index contributed by atoms with van der Waals surface area (Å²) in [6.45, 7) is 2.42. The van der Waals surface area contributed by atoms with Crippen molar-refractivity contribution in [3.8, 4) is 5.69 Å². The lowest BCUT2D eigenvalue weighted by molar-refractivity contribution is 0.627. The number of rotatable bonds is 3. The van der Waals surface area contributed by atoms with Gasteiger partial charge in [0.05, 0.1) is 12.2 Å². The average Bonchev–Trinajstić information content (AvgIpc) is 3.05. The molecule has 0 aliphatic heterocycles. The third-order valence-corrected chi connectivity index (χ3v) is 3.97. The zero-order chi connectivity index (χ0) is 17.4. The molecular formula is C18H14FN5O. The summed E-state index contributed by atoms with van der Waals surface area (Å²) < 4.78 is 16.0. The lowest BCUT2D eigenvalue weighted by atomic mass is 10.1. The summed E-state index contributed by atoms with van der Waals surface area (Å²) in [5, 5.41) is 7.94. The van der Waals surface area contributed by atoms with E-state index in [1.165, 1.54) is 27.7 Å². The lowest BCUT2D eigenvalue weighted by Crippen LogP contribution is -2.21. The quantitative estimate of drug-likeness (QED) is 0.577. The highest BCUT2D eigenvalue weighted by atomic mass is 19.1. The molecule has 4 aromatic rings. The monoisotopic (exact) mass is 335 g/mol. The number of hydrogen-bond acceptors (Lipinski definition) is 4. The van der Waals surface area contributed by atoms with E-state index >= 15 is 0 Å². The molecule has 0 bridgehead atoms. The van der Waals surface area contributed by atoms with Crippen molar-refractivity contribution in [1.82, 2.24) is 24.5 Å². The van der Waals surface area contributed by atoms with Crippen molar-refractivity contribution in [1.29, 1.82) is 0 Å². The molecule has 4 rings (SSSR count). The highest BCUT2D eigenvalue weighted by Gasteiger charge is 2.13. The largest absolute Gasteiger partial charge is 0.293 e. The van der Waals surface area contributed by atoms with Crippen LogP contribution >= 0.6 is 0 Å². The Labute approximate surface area is 142 Å². The molecule has 0 unspecified atom stereocenters. The Morgan fingerprint density at radius 1 is 1.04 bits per heavy atom. The van der Waals surface area contributed by atoms with Gasteiger partial charge in [0.1, 0.15) is 12.1 Å². The first-order valence-corrected chi connectivity index (χ1v) is 7.74. The Kier molecular flexibility index (Phi) is 3.61. The van der Waals surface area contributed by atoms with E-state index in [9.17, 15) is 9.18 Å². The Morgan fingerprint density at radius 2 is 1.76 bits per heavy atom. The fourth-order valence-electron chi connectivity index (χ4n) is 2.60. The van der Waals surface area contributed by atoms with Crippen LogP contribution in [0, 0.1) is 12.7 Å². The average molecular weight is 335 g/mol. The summed E-state index contributed by atoms with van der Waals surface area (Å²) in [4.78, 5) is 17.0. The molecule has 0 spiro atoms. The Bertz CT molecular complexity index is 1100. The van der Waals surface area contributed by atoms with Gasteiger partial charge >= 0.3 is 0 Å². The highest BCUT2D eigenvalue weighted by molar-refractivity contribution is 5.70. The molecule has 2 aromatic heterocycles. The van der Waals surface area contributed by atoms with Crippen molar-refractivity contribution in [3.05, 3.63) is 82.2 Å². The van der Waals surface area contributed by atoms with E-state index in [2.05, 4.69) is 15.3 Å². The van der Waals surface area contributed by atoms with Crippen LogP contribution in [0.3, 0.4) is 0 Å². The summed E-state index contributed by atoms with van der Waals surface area (Å²) in [6.07, 6.45) is 1.48. The van der Waals surface area contributed by atoms with Gasteiger partial charge in [-0.05, 0) is 36.8 Å². The maximum absolute atomic E-state index is 13.1. The van der Waals surface area contributed by atoms with Crippen LogP contribution in [-0.4, -0.2) is 24.5 Å². The van der Waals surface area contributed by atoms with E-state index in [0.29, 0.717) is 17.9 Å². The second kappa shape index (κ2) is 5.94. The minimum atomic E-state index is -0.346. The standard InChI is InChI=1S/C18H14FN5O/c1-12-2-4-13(5-3-12)10-23-11-20-17-16(18(23)25)21-22-24(17)15-8-6-14(19)7-9-15/h2-9,11H,10H2,1H3. The van der Waals surface area contributed by atoms with Crippen molar-refractivity contribution < 1.29 is 4.39 Å². The predicted octanol–water partition coefficient (Wildman–Crippen LogP) is 2.47. The second-order valence-electron chi connectivity index (χ2n) is 5.81. The van der Waals surface area contributed by atoms with Gasteiger partial charge in [0.25, 0.3) is 5.56 Å². The first-order chi connectivity index (χ1) is 12.1. The molecule has 0 N–H and O–H groups in total. The van der Waals surface area contributed by atoms with Crippen molar-refractivity contribution in [2.24, 2.45) is 0 Å². The van der Waals surface area contributed by atoms with Gasteiger partial charge in [-0.1, -0.05) is 35.0 Å². The van der Waals surface area contributed by atoms with E-state index in [1.54, 1.807) is 12.1 Å². The predicted molar refractivity (Wildman–Crippen MR) is 91.2 cm³/mol. The molecule has 2 aromatic carbocycles. The molecule has 0 aliphatic carbocycles. The third-order valence-electron chi connectivity index (χ3n) is 3.97. The van der Waals surface area contributed by atoms with Crippen LogP contribution < -0.4 is 5.56 Å². The van der Waals surface area contributed by atoms with Crippen LogP contribution in [-0.2, 0) is 6.54 Å². The van der Waals surface area contributed by atoms with E-state index in [1.807, 2.05) is 31.2 Å². The van der Waals surface area contributed by atoms with Crippen LogP contribution in [0.4, 0.5) is 4.39 Å². The summed E-state index contributed by atoms with van der Waals surface area (Å²) in [5.41, 5.74) is 3.01. The maximum atomic E-state index is 13.1. The number of fused-ring (bicyclic) bond motifs is 1. The summed E-state index contributed by atoms with van der Waals surface area (Å²) in [6, 6.07) is 13.7. The van der Waals surface area contributed by atoms with E-state index < -0.39 is 0 Å². The van der Waals surface area contributed by atoms with Gasteiger partial charge in [0.15, 0.2) is 11.2 Å². The fraction of sp³-hybridized carbons (Fsp3) is 0.111. The molecule has 6 nitrogen and oxygen atoms in total. The number of hydrogen-bond donors (Lipinski definition) is 0. The molecule has 0 atom stereocenters.